The van der Waals surface area contributed by atoms with E-state index >= 15 is 0 Å². The van der Waals surface area contributed by atoms with Gasteiger partial charge in [-0.15, -0.1) is 0 Å². The van der Waals surface area contributed by atoms with Crippen LogP contribution in [-0.4, -0.2) is 0 Å². The molecule has 0 N–H and O–H groups in total. The van der Waals surface area contributed by atoms with Crippen molar-refractivity contribution >= 4 is 5.57 Å². The third-order valence-electron chi connectivity index (χ3n) is 3.45. The first-order chi connectivity index (χ1) is 9.46. The predicted molar refractivity (Wildman–Crippen MR) is 89.6 cm³/mol. The molecule has 0 bridgehead atoms. The smallest absolute Gasteiger partial charge is 0.0178 e. The molecule has 0 unspecified atom stereocenters. The molecule has 0 spiro atoms. The molecule has 0 aromatic heterocycles. The van der Waals surface area contributed by atoms with Crippen molar-refractivity contribution in [2.45, 2.75) is 34.1 Å². The van der Waals surface area contributed by atoms with E-state index in [0.29, 0.717) is 5.41 Å². The van der Waals surface area contributed by atoms with Crippen LogP contribution in [0.1, 0.15) is 39.7 Å². The Labute approximate surface area is 123 Å². The Morgan fingerprint density at radius 2 is 1.55 bits per heavy atom. The molecular formula is C20H24. The highest BCUT2D eigenvalue weighted by Gasteiger charge is 2.08. The zero-order valence-electron chi connectivity index (χ0n) is 13.0. The average Bonchev–Trinajstić information content (AvgIpc) is 2.45. The van der Waals surface area contributed by atoms with Crippen LogP contribution in [-0.2, 0) is 0 Å². The molecule has 0 atom stereocenters. The lowest BCUT2D eigenvalue weighted by molar-refractivity contribution is 0.421. The minimum Gasteiger partial charge on any atom is -0.0805 e. The minimum absolute atomic E-state index is 0.346. The van der Waals surface area contributed by atoms with E-state index in [-0.39, 0.29) is 0 Å². The molecule has 0 aliphatic carbocycles. The fourth-order valence-electron chi connectivity index (χ4n) is 2.15. The lowest BCUT2D eigenvalue weighted by Gasteiger charge is -2.16. The fourth-order valence-corrected chi connectivity index (χ4v) is 2.15. The zero-order valence-corrected chi connectivity index (χ0v) is 13.0. The quantitative estimate of drug-likeness (QED) is 0.619. The molecule has 2 aromatic carbocycles. The monoisotopic (exact) mass is 264 g/mol. The fraction of sp³-hybridized carbons (Fsp3) is 0.300. The van der Waals surface area contributed by atoms with Crippen LogP contribution < -0.4 is 0 Å². The van der Waals surface area contributed by atoms with Crippen LogP contribution in [0.2, 0.25) is 0 Å². The summed E-state index contributed by atoms with van der Waals surface area (Å²) in [5.74, 6) is 0. The SMILES string of the molecule is C/C(=C\CC(C)(C)C)c1cccc(-c2ccccc2)c1. The van der Waals surface area contributed by atoms with Crippen LogP contribution in [0.25, 0.3) is 16.7 Å². The lowest BCUT2D eigenvalue weighted by atomic mass is 9.90. The normalized spacial score (nSPS) is 12.5. The van der Waals surface area contributed by atoms with Gasteiger partial charge in [0.05, 0.1) is 0 Å². The Morgan fingerprint density at radius 1 is 0.900 bits per heavy atom. The first kappa shape index (κ1) is 14.6. The van der Waals surface area contributed by atoms with E-state index in [1.54, 1.807) is 0 Å². The van der Waals surface area contributed by atoms with Gasteiger partial charge in [0.2, 0.25) is 0 Å². The van der Waals surface area contributed by atoms with Gasteiger partial charge >= 0.3 is 0 Å². The summed E-state index contributed by atoms with van der Waals surface area (Å²) in [4.78, 5) is 0. The second kappa shape index (κ2) is 6.09. The Kier molecular flexibility index (Phi) is 4.44. The summed E-state index contributed by atoms with van der Waals surface area (Å²) in [6.45, 7) is 9.03. The Morgan fingerprint density at radius 3 is 2.20 bits per heavy atom. The van der Waals surface area contributed by atoms with Crippen molar-refractivity contribution in [3.63, 3.8) is 0 Å². The molecule has 0 radical (unpaired) electrons. The lowest BCUT2D eigenvalue weighted by Crippen LogP contribution is -2.02. The second-order valence-corrected chi connectivity index (χ2v) is 6.60. The van der Waals surface area contributed by atoms with Crippen molar-refractivity contribution in [2.24, 2.45) is 5.41 Å². The molecule has 0 saturated heterocycles. The van der Waals surface area contributed by atoms with E-state index in [1.165, 1.54) is 22.3 Å². The van der Waals surface area contributed by atoms with Crippen molar-refractivity contribution in [3.05, 3.63) is 66.2 Å². The van der Waals surface area contributed by atoms with Gasteiger partial charge in [-0.1, -0.05) is 75.4 Å². The maximum Gasteiger partial charge on any atom is -0.0178 e. The van der Waals surface area contributed by atoms with Gasteiger partial charge in [0.15, 0.2) is 0 Å². The Hall–Kier alpha value is -1.82. The van der Waals surface area contributed by atoms with Gasteiger partial charge in [-0.2, -0.15) is 0 Å². The van der Waals surface area contributed by atoms with Crippen molar-refractivity contribution in [1.82, 2.24) is 0 Å². The molecule has 2 aromatic rings. The van der Waals surface area contributed by atoms with Crippen molar-refractivity contribution < 1.29 is 0 Å². The van der Waals surface area contributed by atoms with Crippen molar-refractivity contribution in [3.8, 4) is 11.1 Å². The number of benzene rings is 2. The van der Waals surface area contributed by atoms with Crippen LogP contribution >= 0.6 is 0 Å². The standard InChI is InChI=1S/C20H24/c1-16(13-14-20(2,3)4)18-11-8-12-19(15-18)17-9-6-5-7-10-17/h5-13,15H,14H2,1-4H3/b16-13+. The molecule has 0 heterocycles. The summed E-state index contributed by atoms with van der Waals surface area (Å²) < 4.78 is 0. The summed E-state index contributed by atoms with van der Waals surface area (Å²) in [6, 6.07) is 19.4. The van der Waals surface area contributed by atoms with Crippen LogP contribution in [0.4, 0.5) is 0 Å². The summed E-state index contributed by atoms with van der Waals surface area (Å²) in [7, 11) is 0. The second-order valence-electron chi connectivity index (χ2n) is 6.60. The Bertz CT molecular complexity index is 583. The first-order valence-corrected chi connectivity index (χ1v) is 7.28. The van der Waals surface area contributed by atoms with E-state index in [2.05, 4.69) is 88.4 Å². The molecule has 2 rings (SSSR count). The zero-order chi connectivity index (χ0) is 14.6. The van der Waals surface area contributed by atoms with Gasteiger partial charge in [0, 0.05) is 0 Å². The van der Waals surface area contributed by atoms with Crippen LogP contribution in [0.15, 0.2) is 60.7 Å². The van der Waals surface area contributed by atoms with Crippen molar-refractivity contribution in [1.29, 1.82) is 0 Å². The molecule has 0 heteroatoms. The third kappa shape index (κ3) is 4.09. The highest BCUT2D eigenvalue weighted by atomic mass is 14.1. The van der Waals surface area contributed by atoms with E-state index in [1.807, 2.05) is 0 Å². The number of allylic oxidation sites excluding steroid dienone is 2. The summed E-state index contributed by atoms with van der Waals surface area (Å²) in [6.07, 6.45) is 3.46. The topological polar surface area (TPSA) is 0 Å². The van der Waals surface area contributed by atoms with Gasteiger partial charge < -0.3 is 0 Å². The predicted octanol–water partition coefficient (Wildman–Crippen LogP) is 6.19. The number of rotatable bonds is 3. The largest absolute Gasteiger partial charge is 0.0805 e. The summed E-state index contributed by atoms with van der Waals surface area (Å²) in [5.41, 5.74) is 5.58. The third-order valence-corrected chi connectivity index (χ3v) is 3.45. The minimum atomic E-state index is 0.346. The molecule has 0 aliphatic heterocycles. The maximum absolute atomic E-state index is 2.35. The number of hydrogen-bond donors (Lipinski definition) is 0. The van der Waals surface area contributed by atoms with Gasteiger partial charge in [-0.3, -0.25) is 0 Å². The van der Waals surface area contributed by atoms with Crippen LogP contribution in [0.3, 0.4) is 0 Å². The van der Waals surface area contributed by atoms with E-state index in [9.17, 15) is 0 Å². The van der Waals surface area contributed by atoms with Gasteiger partial charge in [-0.25, -0.2) is 0 Å². The molecule has 0 amide bonds. The highest BCUT2D eigenvalue weighted by Crippen LogP contribution is 2.26. The molecule has 0 fully saturated rings. The van der Waals surface area contributed by atoms with E-state index in [0.717, 1.165) is 6.42 Å². The summed E-state index contributed by atoms with van der Waals surface area (Å²) >= 11 is 0. The summed E-state index contributed by atoms with van der Waals surface area (Å²) in [5, 5.41) is 0. The molecule has 104 valence electrons. The van der Waals surface area contributed by atoms with Crippen molar-refractivity contribution in [2.75, 3.05) is 0 Å². The first-order valence-electron chi connectivity index (χ1n) is 7.28. The van der Waals surface area contributed by atoms with Crippen LogP contribution in [0, 0.1) is 5.41 Å². The van der Waals surface area contributed by atoms with Gasteiger partial charge in [-0.05, 0) is 47.1 Å². The molecular weight excluding hydrogens is 240 g/mol. The maximum atomic E-state index is 2.35. The van der Waals surface area contributed by atoms with Gasteiger partial charge in [0.25, 0.3) is 0 Å². The molecule has 0 aliphatic rings. The Balaban J connectivity index is 2.26. The van der Waals surface area contributed by atoms with E-state index in [4.69, 9.17) is 0 Å². The molecule has 20 heavy (non-hydrogen) atoms. The molecule has 0 saturated carbocycles. The molecule has 0 nitrogen and oxygen atoms in total. The van der Waals surface area contributed by atoms with Crippen LogP contribution in [0.5, 0.6) is 0 Å². The highest BCUT2D eigenvalue weighted by molar-refractivity contribution is 5.71. The number of hydrogen-bond acceptors (Lipinski definition) is 0. The van der Waals surface area contributed by atoms with Gasteiger partial charge in [0.1, 0.15) is 0 Å². The average molecular weight is 264 g/mol. The van der Waals surface area contributed by atoms with E-state index < -0.39 is 0 Å².